The second kappa shape index (κ2) is 8.19. The van der Waals surface area contributed by atoms with Gasteiger partial charge >= 0.3 is 0 Å². The van der Waals surface area contributed by atoms with Crippen molar-refractivity contribution in [1.82, 2.24) is 9.97 Å². The van der Waals surface area contributed by atoms with Crippen molar-refractivity contribution in [3.05, 3.63) is 48.3 Å². The van der Waals surface area contributed by atoms with Gasteiger partial charge in [-0.2, -0.15) is 0 Å². The van der Waals surface area contributed by atoms with Gasteiger partial charge in [0.25, 0.3) is 0 Å². The fourth-order valence-corrected chi connectivity index (χ4v) is 3.11. The van der Waals surface area contributed by atoms with Gasteiger partial charge in [-0.15, -0.1) is 0 Å². The molecule has 2 aromatic carbocycles. The van der Waals surface area contributed by atoms with Crippen molar-refractivity contribution in [3.63, 3.8) is 0 Å². The molecule has 0 aliphatic heterocycles. The summed E-state index contributed by atoms with van der Waals surface area (Å²) >= 11 is -1.59. The lowest BCUT2D eigenvalue weighted by Crippen LogP contribution is -2.13. The minimum atomic E-state index is -1.59. The molecule has 0 aliphatic carbocycles. The Kier molecular flexibility index (Phi) is 5.72. The van der Waals surface area contributed by atoms with E-state index < -0.39 is 11.2 Å². The standard InChI is InChI=1S/C18H21N5O3S/c1-11(12-4-6-13(7-5-12)23-27(19)24)22-18-14-8-16(25-2)17(26-3)9-15(14)20-10-21-18/h4-11,23H,19H2,1-3H3,(H,20,21,22)/t11-,27?/m0/s1. The molecule has 0 aliphatic rings. The molecule has 0 radical (unpaired) electrons. The fraction of sp³-hybridized carbons (Fsp3) is 0.222. The summed E-state index contributed by atoms with van der Waals surface area (Å²) in [6, 6.07) is 11.2. The Bertz CT molecular complexity index is 965. The molecular weight excluding hydrogens is 366 g/mol. The van der Waals surface area contributed by atoms with Gasteiger partial charge in [-0.05, 0) is 30.7 Å². The van der Waals surface area contributed by atoms with E-state index in [1.54, 1.807) is 14.2 Å². The average molecular weight is 387 g/mol. The Labute approximate surface area is 159 Å². The Morgan fingerprint density at radius 2 is 1.74 bits per heavy atom. The number of ether oxygens (including phenoxy) is 2. The maximum Gasteiger partial charge on any atom is 0.190 e. The lowest BCUT2D eigenvalue weighted by molar-refractivity contribution is 0.356. The maximum absolute atomic E-state index is 11.0. The van der Waals surface area contributed by atoms with E-state index in [4.69, 9.17) is 14.6 Å². The Morgan fingerprint density at radius 3 is 2.37 bits per heavy atom. The van der Waals surface area contributed by atoms with Crippen LogP contribution in [0.2, 0.25) is 0 Å². The number of benzene rings is 2. The quantitative estimate of drug-likeness (QED) is 0.575. The summed E-state index contributed by atoms with van der Waals surface area (Å²) in [6.07, 6.45) is 1.51. The van der Waals surface area contributed by atoms with E-state index in [-0.39, 0.29) is 6.04 Å². The number of nitrogens with two attached hydrogens (primary N) is 1. The van der Waals surface area contributed by atoms with Gasteiger partial charge in [-0.25, -0.2) is 19.3 Å². The first-order valence-electron chi connectivity index (χ1n) is 8.18. The topological polar surface area (TPSA) is 111 Å². The molecule has 1 unspecified atom stereocenters. The highest BCUT2D eigenvalue weighted by Crippen LogP contribution is 2.34. The third-order valence-corrected chi connectivity index (χ3v) is 4.56. The normalized spacial score (nSPS) is 13.0. The minimum absolute atomic E-state index is 0.0198. The molecule has 4 N–H and O–H groups in total. The van der Waals surface area contributed by atoms with Crippen molar-refractivity contribution < 1.29 is 13.7 Å². The zero-order chi connectivity index (χ0) is 19.4. The highest BCUT2D eigenvalue weighted by Gasteiger charge is 2.13. The van der Waals surface area contributed by atoms with E-state index in [0.29, 0.717) is 23.0 Å². The van der Waals surface area contributed by atoms with Crippen LogP contribution in [0.3, 0.4) is 0 Å². The fourth-order valence-electron chi connectivity index (χ4n) is 2.74. The van der Waals surface area contributed by atoms with Gasteiger partial charge in [0, 0.05) is 23.2 Å². The predicted molar refractivity (Wildman–Crippen MR) is 107 cm³/mol. The largest absolute Gasteiger partial charge is 0.493 e. The van der Waals surface area contributed by atoms with Gasteiger partial charge in [0.05, 0.1) is 19.7 Å². The van der Waals surface area contributed by atoms with Crippen molar-refractivity contribution in [2.24, 2.45) is 5.14 Å². The van der Waals surface area contributed by atoms with Gasteiger partial charge in [0.15, 0.2) is 22.7 Å². The zero-order valence-corrected chi connectivity index (χ0v) is 16.0. The highest BCUT2D eigenvalue weighted by atomic mass is 32.2. The Hall–Kier alpha value is -2.91. The lowest BCUT2D eigenvalue weighted by Gasteiger charge is -2.17. The predicted octanol–water partition coefficient (Wildman–Crippen LogP) is 2.77. The van der Waals surface area contributed by atoms with E-state index in [1.165, 1.54) is 6.33 Å². The maximum atomic E-state index is 11.0. The van der Waals surface area contributed by atoms with Crippen LogP contribution in [0.15, 0.2) is 42.7 Å². The molecule has 0 amide bonds. The molecule has 1 heterocycles. The summed E-state index contributed by atoms with van der Waals surface area (Å²) in [6.45, 7) is 2.03. The molecule has 2 atom stereocenters. The number of fused-ring (bicyclic) bond motifs is 1. The molecule has 3 aromatic rings. The summed E-state index contributed by atoms with van der Waals surface area (Å²) in [7, 11) is 3.18. The Balaban J connectivity index is 1.88. The second-order valence-electron chi connectivity index (χ2n) is 5.83. The average Bonchev–Trinajstić information content (AvgIpc) is 2.67. The van der Waals surface area contributed by atoms with Crippen molar-refractivity contribution in [2.75, 3.05) is 24.3 Å². The summed E-state index contributed by atoms with van der Waals surface area (Å²) in [5.41, 5.74) is 2.48. The van der Waals surface area contributed by atoms with Gasteiger partial charge in [-0.3, -0.25) is 4.72 Å². The van der Waals surface area contributed by atoms with Crippen LogP contribution >= 0.6 is 0 Å². The van der Waals surface area contributed by atoms with Crippen LogP contribution in [0.5, 0.6) is 11.5 Å². The van der Waals surface area contributed by atoms with Crippen LogP contribution in [-0.4, -0.2) is 28.4 Å². The van der Waals surface area contributed by atoms with Crippen LogP contribution < -0.4 is 24.7 Å². The number of hydrogen-bond donors (Lipinski definition) is 3. The molecule has 9 heteroatoms. The summed E-state index contributed by atoms with van der Waals surface area (Å²) < 4.78 is 24.4. The van der Waals surface area contributed by atoms with Crippen LogP contribution in [0.4, 0.5) is 11.5 Å². The first kappa shape index (κ1) is 18.9. The third-order valence-electron chi connectivity index (χ3n) is 4.12. The van der Waals surface area contributed by atoms with Crippen molar-refractivity contribution in [1.29, 1.82) is 0 Å². The lowest BCUT2D eigenvalue weighted by atomic mass is 10.1. The van der Waals surface area contributed by atoms with Gasteiger partial charge in [0.1, 0.15) is 12.1 Å². The van der Waals surface area contributed by atoms with Gasteiger partial charge < -0.3 is 14.8 Å². The van der Waals surface area contributed by atoms with E-state index >= 15 is 0 Å². The highest BCUT2D eigenvalue weighted by molar-refractivity contribution is 7.84. The number of nitrogens with one attached hydrogen (secondary N) is 2. The van der Waals surface area contributed by atoms with Crippen LogP contribution in [0.25, 0.3) is 10.9 Å². The van der Waals surface area contributed by atoms with Crippen molar-refractivity contribution in [3.8, 4) is 11.5 Å². The van der Waals surface area contributed by atoms with Gasteiger partial charge in [-0.1, -0.05) is 12.1 Å². The second-order valence-corrected chi connectivity index (χ2v) is 6.63. The molecule has 0 saturated heterocycles. The summed E-state index contributed by atoms with van der Waals surface area (Å²) in [4.78, 5) is 8.68. The van der Waals surface area contributed by atoms with E-state index in [2.05, 4.69) is 20.0 Å². The molecule has 27 heavy (non-hydrogen) atoms. The van der Waals surface area contributed by atoms with Gasteiger partial charge in [0.2, 0.25) is 0 Å². The summed E-state index contributed by atoms with van der Waals surface area (Å²) in [5, 5.41) is 9.47. The number of methoxy groups -OCH3 is 2. The van der Waals surface area contributed by atoms with Crippen LogP contribution in [-0.2, 0) is 11.2 Å². The molecule has 0 saturated carbocycles. The van der Waals surface area contributed by atoms with E-state index in [1.807, 2.05) is 43.3 Å². The van der Waals surface area contributed by atoms with Crippen LogP contribution in [0.1, 0.15) is 18.5 Å². The molecule has 1 aromatic heterocycles. The number of hydrogen-bond acceptors (Lipinski definition) is 6. The first-order chi connectivity index (χ1) is 13.0. The molecular formula is C18H21N5O3S. The SMILES string of the molecule is COc1cc2ncnc(N[C@@H](C)c3ccc(NS(N)=O)cc3)c2cc1OC. The smallest absolute Gasteiger partial charge is 0.190 e. The van der Waals surface area contributed by atoms with E-state index in [9.17, 15) is 4.21 Å². The molecule has 0 fully saturated rings. The van der Waals surface area contributed by atoms with E-state index in [0.717, 1.165) is 16.5 Å². The molecule has 142 valence electrons. The van der Waals surface area contributed by atoms with Crippen LogP contribution in [0, 0.1) is 0 Å². The summed E-state index contributed by atoms with van der Waals surface area (Å²) in [5.74, 6) is 1.92. The molecule has 0 spiro atoms. The molecule has 3 rings (SSSR count). The first-order valence-corrected chi connectivity index (χ1v) is 9.39. The molecule has 8 nitrogen and oxygen atoms in total. The monoisotopic (exact) mass is 387 g/mol. The zero-order valence-electron chi connectivity index (χ0n) is 15.2. The van der Waals surface area contributed by atoms with Crippen molar-refractivity contribution >= 4 is 33.6 Å². The number of aromatic nitrogens is 2. The third kappa shape index (κ3) is 4.26. The van der Waals surface area contributed by atoms with Crippen molar-refractivity contribution in [2.45, 2.75) is 13.0 Å². The number of nitrogens with zero attached hydrogens (tertiary/aromatic N) is 2. The number of anilines is 2. The minimum Gasteiger partial charge on any atom is -0.493 e. The number of rotatable bonds is 7. The Morgan fingerprint density at radius 1 is 1.07 bits per heavy atom. The molecule has 0 bridgehead atoms.